The van der Waals surface area contributed by atoms with E-state index in [1.54, 1.807) is 0 Å². The van der Waals surface area contributed by atoms with Gasteiger partial charge in [0.05, 0.1) is 18.9 Å². The van der Waals surface area contributed by atoms with Gasteiger partial charge in [0.1, 0.15) is 6.10 Å². The Morgan fingerprint density at radius 1 is 1.58 bits per heavy atom. The maximum Gasteiger partial charge on any atom is 0.190 e. The fraction of sp³-hybridized carbons (Fsp3) is 1.00. The van der Waals surface area contributed by atoms with E-state index in [-0.39, 0.29) is 0 Å². The van der Waals surface area contributed by atoms with Crippen molar-refractivity contribution in [3.63, 3.8) is 0 Å². The Bertz CT molecular complexity index is 117. The molecular formula is C8H18O3Si. The summed E-state index contributed by atoms with van der Waals surface area (Å²) in [5, 5.41) is 0. The van der Waals surface area contributed by atoms with Crippen molar-refractivity contribution in [1.82, 2.24) is 0 Å². The van der Waals surface area contributed by atoms with Gasteiger partial charge in [-0.15, -0.1) is 0 Å². The molecule has 0 radical (unpaired) electrons. The van der Waals surface area contributed by atoms with E-state index < -0.39 is 9.76 Å². The van der Waals surface area contributed by atoms with Crippen LogP contribution in [0.5, 0.6) is 0 Å². The van der Waals surface area contributed by atoms with Crippen LogP contribution in [0.15, 0.2) is 0 Å². The summed E-state index contributed by atoms with van der Waals surface area (Å²) in [6.45, 7) is 6.64. The van der Waals surface area contributed by atoms with Gasteiger partial charge in [-0.3, -0.25) is 0 Å². The molecule has 72 valence electrons. The molecule has 1 aliphatic rings. The Labute approximate surface area is 76.3 Å². The van der Waals surface area contributed by atoms with Crippen LogP contribution >= 0.6 is 0 Å². The summed E-state index contributed by atoms with van der Waals surface area (Å²) in [6, 6.07) is 0. The second-order valence-corrected chi connectivity index (χ2v) is 4.63. The number of epoxide rings is 1. The normalized spacial score (nSPS) is 25.0. The zero-order valence-corrected chi connectivity index (χ0v) is 9.33. The van der Waals surface area contributed by atoms with Crippen LogP contribution in [0.25, 0.3) is 0 Å². The molecule has 0 spiro atoms. The number of hydrogen-bond donors (Lipinski definition) is 0. The van der Waals surface area contributed by atoms with E-state index in [0.29, 0.717) is 11.8 Å². The van der Waals surface area contributed by atoms with Gasteiger partial charge in [0.2, 0.25) is 0 Å². The van der Waals surface area contributed by atoms with E-state index in [4.69, 9.17) is 13.9 Å². The van der Waals surface area contributed by atoms with Crippen molar-refractivity contribution in [3.8, 4) is 0 Å². The third kappa shape index (κ3) is 4.20. The van der Waals surface area contributed by atoms with Gasteiger partial charge in [0, 0.05) is 6.61 Å². The van der Waals surface area contributed by atoms with E-state index >= 15 is 0 Å². The molecule has 1 saturated heterocycles. The summed E-state index contributed by atoms with van der Waals surface area (Å²) < 4.78 is 16.1. The molecule has 2 unspecified atom stereocenters. The van der Waals surface area contributed by atoms with Gasteiger partial charge < -0.3 is 13.9 Å². The molecule has 1 aliphatic heterocycles. The van der Waals surface area contributed by atoms with Crippen molar-refractivity contribution in [3.05, 3.63) is 0 Å². The zero-order chi connectivity index (χ0) is 8.81. The molecule has 0 aromatic rings. The van der Waals surface area contributed by atoms with E-state index in [1.807, 2.05) is 6.92 Å². The van der Waals surface area contributed by atoms with E-state index in [9.17, 15) is 0 Å². The quantitative estimate of drug-likeness (QED) is 0.426. The van der Waals surface area contributed by atoms with Crippen LogP contribution in [-0.4, -0.2) is 41.4 Å². The standard InChI is InChI=1S/C8H18O3Si/c1-3-8(12-11-4-2)10-6-7-5-9-7/h7-8H,3-6,12H2,1-2H3. The molecule has 0 N–H and O–H groups in total. The van der Waals surface area contributed by atoms with Gasteiger partial charge in [-0.25, -0.2) is 0 Å². The zero-order valence-electron chi connectivity index (χ0n) is 7.91. The van der Waals surface area contributed by atoms with Crippen molar-refractivity contribution in [2.75, 3.05) is 19.8 Å². The second-order valence-electron chi connectivity index (χ2n) is 2.98. The van der Waals surface area contributed by atoms with Crippen LogP contribution < -0.4 is 0 Å². The van der Waals surface area contributed by atoms with E-state index in [1.165, 1.54) is 0 Å². The molecule has 12 heavy (non-hydrogen) atoms. The Morgan fingerprint density at radius 2 is 2.33 bits per heavy atom. The average Bonchev–Trinajstić information content (AvgIpc) is 2.89. The van der Waals surface area contributed by atoms with Crippen LogP contribution in [0.1, 0.15) is 20.3 Å². The molecule has 0 saturated carbocycles. The Hall–Kier alpha value is 0.0969. The molecule has 1 heterocycles. The topological polar surface area (TPSA) is 31.0 Å². The lowest BCUT2D eigenvalue weighted by molar-refractivity contribution is 0.0777. The second kappa shape index (κ2) is 5.69. The number of rotatable bonds is 7. The molecular weight excluding hydrogens is 172 g/mol. The van der Waals surface area contributed by atoms with E-state index in [0.717, 1.165) is 26.2 Å². The minimum absolute atomic E-state index is 0.383. The number of ether oxygens (including phenoxy) is 2. The predicted molar refractivity (Wildman–Crippen MR) is 49.9 cm³/mol. The predicted octanol–water partition coefficient (Wildman–Crippen LogP) is 0.258. The summed E-state index contributed by atoms with van der Waals surface area (Å²) in [5.41, 5.74) is 0.383. The number of hydrogen-bond acceptors (Lipinski definition) is 3. The fourth-order valence-corrected chi connectivity index (χ4v) is 1.91. The van der Waals surface area contributed by atoms with Crippen molar-refractivity contribution in [2.45, 2.75) is 32.1 Å². The lowest BCUT2D eigenvalue weighted by Gasteiger charge is -2.13. The summed E-state index contributed by atoms with van der Waals surface area (Å²) in [5.74, 6) is 0. The highest BCUT2D eigenvalue weighted by molar-refractivity contribution is 6.29. The van der Waals surface area contributed by atoms with E-state index in [2.05, 4.69) is 6.92 Å². The van der Waals surface area contributed by atoms with Gasteiger partial charge in [-0.1, -0.05) is 6.92 Å². The highest BCUT2D eigenvalue weighted by Crippen LogP contribution is 2.10. The molecule has 3 nitrogen and oxygen atoms in total. The SMILES string of the molecule is CCO[SiH2]C(CC)OCC1CO1. The summed E-state index contributed by atoms with van der Waals surface area (Å²) in [4.78, 5) is 0. The molecule has 4 heteroatoms. The Kier molecular flexibility index (Phi) is 4.83. The largest absolute Gasteiger partial charge is 0.422 e. The minimum atomic E-state index is -0.468. The van der Waals surface area contributed by atoms with Crippen molar-refractivity contribution < 1.29 is 13.9 Å². The monoisotopic (exact) mass is 190 g/mol. The van der Waals surface area contributed by atoms with Crippen molar-refractivity contribution in [1.29, 1.82) is 0 Å². The summed E-state index contributed by atoms with van der Waals surface area (Å²) in [7, 11) is -0.468. The van der Waals surface area contributed by atoms with Gasteiger partial charge >= 0.3 is 0 Å². The third-order valence-electron chi connectivity index (χ3n) is 1.88. The average molecular weight is 190 g/mol. The van der Waals surface area contributed by atoms with Crippen molar-refractivity contribution in [2.24, 2.45) is 0 Å². The van der Waals surface area contributed by atoms with Crippen molar-refractivity contribution >= 4 is 9.76 Å². The summed E-state index contributed by atoms with van der Waals surface area (Å²) >= 11 is 0. The molecule has 0 aromatic heterocycles. The molecule has 2 atom stereocenters. The first-order valence-corrected chi connectivity index (χ1v) is 6.07. The van der Waals surface area contributed by atoms with Gasteiger partial charge in [0.15, 0.2) is 9.76 Å². The van der Waals surface area contributed by atoms with Crippen LogP contribution in [0.3, 0.4) is 0 Å². The molecule has 1 fully saturated rings. The van der Waals surface area contributed by atoms with Crippen LogP contribution in [0.2, 0.25) is 0 Å². The lowest BCUT2D eigenvalue weighted by Crippen LogP contribution is -2.24. The highest BCUT2D eigenvalue weighted by Gasteiger charge is 2.23. The van der Waals surface area contributed by atoms with Gasteiger partial charge in [-0.2, -0.15) is 0 Å². The Morgan fingerprint density at radius 3 is 2.83 bits per heavy atom. The molecule has 0 aromatic carbocycles. The smallest absolute Gasteiger partial charge is 0.190 e. The first-order chi connectivity index (χ1) is 5.86. The third-order valence-corrected chi connectivity index (χ3v) is 3.71. The maximum absolute atomic E-state index is 5.63. The van der Waals surface area contributed by atoms with Crippen LogP contribution in [0.4, 0.5) is 0 Å². The molecule has 0 amide bonds. The summed E-state index contributed by atoms with van der Waals surface area (Å²) in [6.07, 6.45) is 1.45. The first-order valence-electron chi connectivity index (χ1n) is 4.67. The lowest BCUT2D eigenvalue weighted by atomic mass is 10.5. The van der Waals surface area contributed by atoms with Crippen LogP contribution in [-0.2, 0) is 13.9 Å². The van der Waals surface area contributed by atoms with Gasteiger partial charge in [0.25, 0.3) is 0 Å². The fourth-order valence-electron chi connectivity index (χ4n) is 0.941. The highest BCUT2D eigenvalue weighted by atomic mass is 28.2. The molecule has 0 aliphatic carbocycles. The molecule has 1 rings (SSSR count). The minimum Gasteiger partial charge on any atom is -0.422 e. The molecule has 0 bridgehead atoms. The van der Waals surface area contributed by atoms with Crippen LogP contribution in [0, 0.1) is 0 Å². The Balaban J connectivity index is 1.98. The first kappa shape index (κ1) is 10.2. The maximum atomic E-state index is 5.63. The van der Waals surface area contributed by atoms with Gasteiger partial charge in [-0.05, 0) is 13.3 Å².